The van der Waals surface area contributed by atoms with Crippen LogP contribution >= 0.6 is 0 Å². The molecule has 0 spiro atoms. The summed E-state index contributed by atoms with van der Waals surface area (Å²) in [6.07, 6.45) is 0. The predicted octanol–water partition coefficient (Wildman–Crippen LogP) is 1.50. The number of nitrogens with zero attached hydrogens (tertiary/aromatic N) is 2. The number of imidazole rings is 1. The van der Waals surface area contributed by atoms with Crippen molar-refractivity contribution in [3.05, 3.63) is 29.6 Å². The van der Waals surface area contributed by atoms with Crippen molar-refractivity contribution < 1.29 is 4.79 Å². The van der Waals surface area contributed by atoms with Gasteiger partial charge in [-0.25, -0.2) is 4.98 Å². The smallest absolute Gasteiger partial charge is 0.234 e. The van der Waals surface area contributed by atoms with Gasteiger partial charge in [0.05, 0.1) is 17.6 Å². The molecule has 1 heterocycles. The van der Waals surface area contributed by atoms with Crippen LogP contribution in [0.3, 0.4) is 0 Å². The zero-order valence-corrected chi connectivity index (χ0v) is 11.6. The first-order valence-corrected chi connectivity index (χ1v) is 6.47. The summed E-state index contributed by atoms with van der Waals surface area (Å²) in [6, 6.07) is 6.46. The van der Waals surface area contributed by atoms with Gasteiger partial charge in [0, 0.05) is 12.6 Å². The van der Waals surface area contributed by atoms with E-state index in [4.69, 9.17) is 5.73 Å². The van der Waals surface area contributed by atoms with Gasteiger partial charge >= 0.3 is 0 Å². The lowest BCUT2D eigenvalue weighted by Crippen LogP contribution is -2.29. The number of carbonyl (C=O) groups excluding carboxylic acids is 1. The molecule has 5 nitrogen and oxygen atoms in total. The minimum absolute atomic E-state index is 0.0172. The van der Waals surface area contributed by atoms with Gasteiger partial charge in [0.1, 0.15) is 5.82 Å². The molecule has 3 N–H and O–H groups in total. The molecule has 102 valence electrons. The number of fused-ring (bicyclic) bond motifs is 1. The van der Waals surface area contributed by atoms with Crippen LogP contribution in [0.15, 0.2) is 18.2 Å². The minimum Gasteiger partial charge on any atom is -0.351 e. The van der Waals surface area contributed by atoms with Crippen molar-refractivity contribution >= 4 is 16.9 Å². The van der Waals surface area contributed by atoms with Crippen LogP contribution in [-0.4, -0.2) is 22.0 Å². The highest BCUT2D eigenvalue weighted by Crippen LogP contribution is 2.21. The lowest BCUT2D eigenvalue weighted by molar-refractivity contribution is -0.119. The van der Waals surface area contributed by atoms with E-state index in [0.717, 1.165) is 22.4 Å². The molecule has 0 aliphatic rings. The minimum atomic E-state index is -0.149. The lowest BCUT2D eigenvalue weighted by atomic mass is 10.2. The molecule has 19 heavy (non-hydrogen) atoms. The zero-order chi connectivity index (χ0) is 14.0. The standard InChI is InChI=1S/C14H20N4O/c1-9(2)18-10(3)17-12-6-11(4-5-13(12)18)8-16-14(19)7-15/h4-6,9H,7-8,15H2,1-3H3,(H,16,19). The Labute approximate surface area is 112 Å². The van der Waals surface area contributed by atoms with E-state index in [9.17, 15) is 4.79 Å². The number of carbonyl (C=O) groups is 1. The largest absolute Gasteiger partial charge is 0.351 e. The Bertz CT molecular complexity index is 601. The molecule has 2 aromatic rings. The summed E-state index contributed by atoms with van der Waals surface area (Å²) in [4.78, 5) is 15.7. The Morgan fingerprint density at radius 1 is 1.47 bits per heavy atom. The summed E-state index contributed by atoms with van der Waals surface area (Å²) >= 11 is 0. The number of benzene rings is 1. The van der Waals surface area contributed by atoms with Crippen molar-refractivity contribution in [2.45, 2.75) is 33.4 Å². The normalized spacial score (nSPS) is 11.2. The number of nitrogens with two attached hydrogens (primary N) is 1. The highest BCUT2D eigenvalue weighted by atomic mass is 16.1. The Morgan fingerprint density at radius 3 is 2.84 bits per heavy atom. The summed E-state index contributed by atoms with van der Waals surface area (Å²) < 4.78 is 2.21. The molecule has 0 radical (unpaired) electrons. The van der Waals surface area contributed by atoms with Crippen LogP contribution in [0.2, 0.25) is 0 Å². The second-order valence-electron chi connectivity index (χ2n) is 4.93. The number of hydrogen-bond donors (Lipinski definition) is 2. The Hall–Kier alpha value is -1.88. The van der Waals surface area contributed by atoms with E-state index in [0.29, 0.717) is 12.6 Å². The molecular formula is C14H20N4O. The lowest BCUT2D eigenvalue weighted by Gasteiger charge is -2.10. The zero-order valence-electron chi connectivity index (χ0n) is 11.6. The quantitative estimate of drug-likeness (QED) is 0.875. The second-order valence-corrected chi connectivity index (χ2v) is 4.93. The molecule has 0 bridgehead atoms. The molecule has 0 atom stereocenters. The highest BCUT2D eigenvalue weighted by molar-refractivity contribution is 5.79. The average Bonchev–Trinajstić information content (AvgIpc) is 2.70. The van der Waals surface area contributed by atoms with Crippen LogP contribution in [0.1, 0.15) is 31.3 Å². The summed E-state index contributed by atoms with van der Waals surface area (Å²) in [5.74, 6) is 0.858. The summed E-state index contributed by atoms with van der Waals surface area (Å²) in [5, 5.41) is 2.76. The molecule has 1 aromatic carbocycles. The molecule has 1 amide bonds. The maximum atomic E-state index is 11.1. The van der Waals surface area contributed by atoms with E-state index in [2.05, 4.69) is 34.8 Å². The van der Waals surface area contributed by atoms with Crippen LogP contribution < -0.4 is 11.1 Å². The number of hydrogen-bond acceptors (Lipinski definition) is 3. The SMILES string of the molecule is Cc1nc2cc(CNC(=O)CN)ccc2n1C(C)C. The summed E-state index contributed by atoms with van der Waals surface area (Å²) in [6.45, 7) is 6.80. The van der Waals surface area contributed by atoms with Gasteiger partial charge in [-0.05, 0) is 38.5 Å². The van der Waals surface area contributed by atoms with E-state index in [-0.39, 0.29) is 12.5 Å². The van der Waals surface area contributed by atoms with E-state index in [1.54, 1.807) is 0 Å². The first kappa shape index (κ1) is 13.5. The van der Waals surface area contributed by atoms with Gasteiger partial charge in [0.2, 0.25) is 5.91 Å². The van der Waals surface area contributed by atoms with Crippen molar-refractivity contribution in [1.82, 2.24) is 14.9 Å². The fourth-order valence-electron chi connectivity index (χ4n) is 2.30. The van der Waals surface area contributed by atoms with E-state index in [1.165, 1.54) is 0 Å². The van der Waals surface area contributed by atoms with Crippen molar-refractivity contribution in [2.75, 3.05) is 6.54 Å². The third-order valence-corrected chi connectivity index (χ3v) is 3.12. The van der Waals surface area contributed by atoms with Crippen molar-refractivity contribution in [2.24, 2.45) is 5.73 Å². The van der Waals surface area contributed by atoms with Crippen LogP contribution in [0.5, 0.6) is 0 Å². The molecule has 0 aliphatic heterocycles. The van der Waals surface area contributed by atoms with Gasteiger partial charge in [0.25, 0.3) is 0 Å². The Balaban J connectivity index is 2.29. The number of nitrogens with one attached hydrogen (secondary N) is 1. The molecule has 5 heteroatoms. The Morgan fingerprint density at radius 2 is 2.21 bits per heavy atom. The first-order valence-electron chi connectivity index (χ1n) is 6.47. The van der Waals surface area contributed by atoms with Crippen molar-refractivity contribution in [3.8, 4) is 0 Å². The van der Waals surface area contributed by atoms with Gasteiger partial charge in [0.15, 0.2) is 0 Å². The number of amides is 1. The van der Waals surface area contributed by atoms with Crippen LogP contribution in [0.4, 0.5) is 0 Å². The third kappa shape index (κ3) is 2.76. The van der Waals surface area contributed by atoms with Crippen molar-refractivity contribution in [1.29, 1.82) is 0 Å². The van der Waals surface area contributed by atoms with Gasteiger partial charge in [-0.1, -0.05) is 6.07 Å². The van der Waals surface area contributed by atoms with Crippen molar-refractivity contribution in [3.63, 3.8) is 0 Å². The number of aryl methyl sites for hydroxylation is 1. The monoisotopic (exact) mass is 260 g/mol. The topological polar surface area (TPSA) is 72.9 Å². The molecule has 0 unspecified atom stereocenters. The molecule has 0 fully saturated rings. The van der Waals surface area contributed by atoms with E-state index >= 15 is 0 Å². The molecule has 1 aromatic heterocycles. The molecule has 0 saturated heterocycles. The van der Waals surface area contributed by atoms with Gasteiger partial charge in [-0.2, -0.15) is 0 Å². The highest BCUT2D eigenvalue weighted by Gasteiger charge is 2.10. The fourth-order valence-corrected chi connectivity index (χ4v) is 2.30. The maximum Gasteiger partial charge on any atom is 0.234 e. The first-order chi connectivity index (χ1) is 9.02. The van der Waals surface area contributed by atoms with Crippen LogP contribution in [-0.2, 0) is 11.3 Å². The Kier molecular flexibility index (Phi) is 3.85. The third-order valence-electron chi connectivity index (χ3n) is 3.12. The summed E-state index contributed by atoms with van der Waals surface area (Å²) in [5.41, 5.74) is 8.38. The second kappa shape index (κ2) is 5.40. The maximum absolute atomic E-state index is 11.1. The molecule has 0 aliphatic carbocycles. The van der Waals surface area contributed by atoms with Gasteiger partial charge in [-0.3, -0.25) is 4.79 Å². The number of aromatic nitrogens is 2. The molecular weight excluding hydrogens is 240 g/mol. The van der Waals surface area contributed by atoms with E-state index in [1.807, 2.05) is 19.1 Å². The molecule has 2 rings (SSSR count). The molecule has 0 saturated carbocycles. The predicted molar refractivity (Wildman–Crippen MR) is 75.8 cm³/mol. The van der Waals surface area contributed by atoms with Crippen LogP contribution in [0, 0.1) is 6.92 Å². The van der Waals surface area contributed by atoms with Gasteiger partial charge < -0.3 is 15.6 Å². The fraction of sp³-hybridized carbons (Fsp3) is 0.429. The van der Waals surface area contributed by atoms with E-state index < -0.39 is 0 Å². The average molecular weight is 260 g/mol. The van der Waals surface area contributed by atoms with Crippen LogP contribution in [0.25, 0.3) is 11.0 Å². The summed E-state index contributed by atoms with van der Waals surface area (Å²) in [7, 11) is 0. The van der Waals surface area contributed by atoms with Gasteiger partial charge in [-0.15, -0.1) is 0 Å². The number of rotatable bonds is 4.